The third kappa shape index (κ3) is 3690. The van der Waals surface area contributed by atoms with Crippen LogP contribution in [0.3, 0.4) is 0 Å². The smallest absolute Gasteiger partial charge is 0.759 e. The maximum Gasteiger partial charge on any atom is 2.00 e. The average Bonchev–Trinajstić information content (AvgIpc) is 1.19. The molecule has 0 aromatic heterocycles. The summed E-state index contributed by atoms with van der Waals surface area (Å²) < 4.78 is 34.1. The van der Waals surface area contributed by atoms with Crippen LogP contribution in [0.5, 0.6) is 0 Å². The zero-order valence-electron chi connectivity index (χ0n) is 5.37. The summed E-state index contributed by atoms with van der Waals surface area (Å²) in [6, 6.07) is 0. The van der Waals surface area contributed by atoms with Crippen molar-refractivity contribution in [3.8, 4) is 0 Å². The second kappa shape index (κ2) is 7.46. The van der Waals surface area contributed by atoms with Crippen molar-refractivity contribution in [2.24, 2.45) is 0 Å². The van der Waals surface area contributed by atoms with Gasteiger partial charge in [0.25, 0.3) is 0 Å². The summed E-state index contributed by atoms with van der Waals surface area (Å²) in [4.78, 5) is 0. The Labute approximate surface area is 70.5 Å². The molecule has 0 bridgehead atoms. The molecule has 0 aliphatic rings. The van der Waals surface area contributed by atoms with E-state index >= 15 is 0 Å². The minimum absolute atomic E-state index is 0. The molecular formula is C3H8CuO5S. The first-order chi connectivity index (χ1) is 3.73. The van der Waals surface area contributed by atoms with Gasteiger partial charge in [-0.25, -0.2) is 0 Å². The van der Waals surface area contributed by atoms with Gasteiger partial charge in [-0.1, -0.05) is 0 Å². The summed E-state index contributed by atoms with van der Waals surface area (Å²) in [5.41, 5.74) is 0. The van der Waals surface area contributed by atoms with E-state index in [1.54, 1.807) is 13.8 Å². The molecule has 0 aliphatic carbocycles. The number of rotatable bonds is 0. The Balaban J connectivity index is -0.0000000910. The quantitative estimate of drug-likeness (QED) is 0.322. The van der Waals surface area contributed by atoms with Gasteiger partial charge in [0, 0.05) is 16.5 Å². The molecule has 10 heavy (non-hydrogen) atoms. The van der Waals surface area contributed by atoms with E-state index in [4.69, 9.17) is 22.6 Å². The fourth-order valence-corrected chi connectivity index (χ4v) is 0. The van der Waals surface area contributed by atoms with E-state index in [2.05, 4.69) is 0 Å². The Hall–Kier alpha value is 0.349. The molecule has 0 saturated carbocycles. The number of aliphatic hydroxyl groups is 1. The molecule has 0 aromatic rings. The largest absolute Gasteiger partial charge is 2.00 e. The molecular weight excluding hydrogens is 212 g/mol. The van der Waals surface area contributed by atoms with Gasteiger partial charge in [-0.3, -0.25) is 8.42 Å². The third-order valence-corrected chi connectivity index (χ3v) is 0. The van der Waals surface area contributed by atoms with Gasteiger partial charge in [-0.15, -0.1) is 0 Å². The van der Waals surface area contributed by atoms with Gasteiger partial charge in [0.2, 0.25) is 0 Å². The normalized spacial score (nSPS) is 9.40. The van der Waals surface area contributed by atoms with Crippen LogP contribution in [0.2, 0.25) is 0 Å². The Morgan fingerprint density at radius 3 is 1.30 bits per heavy atom. The minimum atomic E-state index is -5.17. The second-order valence-corrected chi connectivity index (χ2v) is 2.32. The van der Waals surface area contributed by atoms with Crippen molar-refractivity contribution in [3.05, 3.63) is 0 Å². The summed E-state index contributed by atoms with van der Waals surface area (Å²) in [6.07, 6.45) is -0.167. The van der Waals surface area contributed by atoms with Crippen molar-refractivity contribution in [1.29, 1.82) is 0 Å². The van der Waals surface area contributed by atoms with Crippen molar-refractivity contribution in [2.75, 3.05) is 0 Å². The first-order valence-electron chi connectivity index (χ1n) is 2.08. The Bertz CT molecular complexity index is 128. The maximum absolute atomic E-state index is 8.52. The summed E-state index contributed by atoms with van der Waals surface area (Å²) in [5, 5.41) is 8.06. The molecule has 0 atom stereocenters. The topological polar surface area (TPSA) is 100 Å². The monoisotopic (exact) mass is 219 g/mol. The van der Waals surface area contributed by atoms with E-state index in [1.807, 2.05) is 0 Å². The van der Waals surface area contributed by atoms with Crippen LogP contribution in [0.1, 0.15) is 13.8 Å². The molecule has 0 rings (SSSR count). The Morgan fingerprint density at radius 1 is 1.30 bits per heavy atom. The summed E-state index contributed by atoms with van der Waals surface area (Å²) in [6.45, 7) is 3.44. The average molecular weight is 220 g/mol. The summed E-state index contributed by atoms with van der Waals surface area (Å²) >= 11 is 0. The Morgan fingerprint density at radius 2 is 1.30 bits per heavy atom. The molecule has 5 nitrogen and oxygen atoms in total. The van der Waals surface area contributed by atoms with E-state index in [9.17, 15) is 0 Å². The van der Waals surface area contributed by atoms with Crippen molar-refractivity contribution in [1.82, 2.24) is 0 Å². The third-order valence-electron chi connectivity index (χ3n) is 0. The number of hydrogen-bond donors (Lipinski definition) is 1. The first kappa shape index (κ1) is 16.7. The summed E-state index contributed by atoms with van der Waals surface area (Å²) in [5.74, 6) is 0. The summed E-state index contributed by atoms with van der Waals surface area (Å²) in [7, 11) is -5.17. The zero-order chi connectivity index (χ0) is 8.08. The van der Waals surface area contributed by atoms with Gasteiger partial charge in [0.05, 0.1) is 0 Å². The number of hydrogen-bond acceptors (Lipinski definition) is 5. The molecule has 7 heteroatoms. The van der Waals surface area contributed by atoms with Crippen LogP contribution in [-0.4, -0.2) is 28.7 Å². The molecule has 0 fully saturated rings. The molecule has 0 heterocycles. The zero-order valence-corrected chi connectivity index (χ0v) is 7.13. The molecule has 0 spiro atoms. The fourth-order valence-electron chi connectivity index (χ4n) is 0. The van der Waals surface area contributed by atoms with E-state index < -0.39 is 10.4 Å². The Kier molecular flexibility index (Phi) is 12.5. The van der Waals surface area contributed by atoms with Crippen molar-refractivity contribution in [2.45, 2.75) is 20.0 Å². The first-order valence-corrected chi connectivity index (χ1v) is 3.41. The minimum Gasteiger partial charge on any atom is -0.759 e. The molecule has 0 aliphatic heterocycles. The SMILES string of the molecule is CC(C)O.O=S(=O)([O-])[O-].[Cu+2]. The van der Waals surface area contributed by atoms with Crippen LogP contribution in [0, 0.1) is 0 Å². The standard InChI is InChI=1S/C3H8O.Cu.H2O4S/c1-3(2)4;;1-5(2,3)4/h3-4H,1-2H3;;(H2,1,2,3,4)/q;+2;/p-2. The van der Waals surface area contributed by atoms with Crippen molar-refractivity contribution >= 4 is 10.4 Å². The second-order valence-electron chi connectivity index (χ2n) is 1.50. The van der Waals surface area contributed by atoms with Crippen LogP contribution >= 0.6 is 0 Å². The van der Waals surface area contributed by atoms with E-state index in [1.165, 1.54) is 0 Å². The van der Waals surface area contributed by atoms with Crippen LogP contribution in [0.25, 0.3) is 0 Å². The molecule has 1 radical (unpaired) electrons. The molecule has 0 unspecified atom stereocenters. The van der Waals surface area contributed by atoms with Gasteiger partial charge in [-0.2, -0.15) is 0 Å². The van der Waals surface area contributed by atoms with Gasteiger partial charge >= 0.3 is 17.1 Å². The van der Waals surface area contributed by atoms with E-state index in [0.29, 0.717) is 0 Å². The maximum atomic E-state index is 8.52. The van der Waals surface area contributed by atoms with Crippen LogP contribution in [0.15, 0.2) is 0 Å². The van der Waals surface area contributed by atoms with Gasteiger partial charge in [-0.05, 0) is 13.8 Å². The van der Waals surface area contributed by atoms with Gasteiger partial charge in [0.1, 0.15) is 0 Å². The van der Waals surface area contributed by atoms with Crippen LogP contribution < -0.4 is 0 Å². The molecule has 1 N–H and O–H groups in total. The predicted molar refractivity (Wildman–Crippen MR) is 27.8 cm³/mol. The van der Waals surface area contributed by atoms with E-state index in [0.717, 1.165) is 0 Å². The molecule has 67 valence electrons. The van der Waals surface area contributed by atoms with Gasteiger partial charge in [0.15, 0.2) is 0 Å². The van der Waals surface area contributed by atoms with E-state index in [-0.39, 0.29) is 23.2 Å². The number of aliphatic hydroxyl groups excluding tert-OH is 1. The molecule has 0 amide bonds. The fraction of sp³-hybridized carbons (Fsp3) is 1.00. The van der Waals surface area contributed by atoms with Crippen LogP contribution in [0.4, 0.5) is 0 Å². The van der Waals surface area contributed by atoms with Crippen LogP contribution in [-0.2, 0) is 27.5 Å². The van der Waals surface area contributed by atoms with Gasteiger partial charge < -0.3 is 14.2 Å². The van der Waals surface area contributed by atoms with Crippen molar-refractivity contribution < 1.29 is 39.7 Å². The van der Waals surface area contributed by atoms with Crippen molar-refractivity contribution in [3.63, 3.8) is 0 Å². The molecule has 0 saturated heterocycles. The molecule has 0 aromatic carbocycles. The predicted octanol–water partition coefficient (Wildman–Crippen LogP) is -0.953.